The van der Waals surface area contributed by atoms with E-state index >= 15 is 0 Å². The van der Waals surface area contributed by atoms with Gasteiger partial charge in [-0.25, -0.2) is 0 Å². The number of carbonyl (C=O) groups is 1. The lowest BCUT2D eigenvalue weighted by Crippen LogP contribution is -2.12. The van der Waals surface area contributed by atoms with E-state index in [0.29, 0.717) is 0 Å². The molecule has 2 aromatic carbocycles. The van der Waals surface area contributed by atoms with Crippen LogP contribution in [0.1, 0.15) is 47.3 Å². The Morgan fingerprint density at radius 3 is 1.21 bits per heavy atom. The van der Waals surface area contributed by atoms with Crippen LogP contribution in [0, 0.1) is 0 Å². The molecule has 0 radical (unpaired) electrons. The topological polar surface area (TPSA) is 57.5 Å². The van der Waals surface area contributed by atoms with Crippen molar-refractivity contribution in [3.05, 3.63) is 70.8 Å². The van der Waals surface area contributed by atoms with Gasteiger partial charge in [0.1, 0.15) is 5.78 Å². The first-order valence-corrected chi connectivity index (χ1v) is 8.10. The van der Waals surface area contributed by atoms with Crippen molar-refractivity contribution in [2.24, 2.45) is 0 Å². The van der Waals surface area contributed by atoms with Crippen LogP contribution in [0.5, 0.6) is 0 Å². The summed E-state index contributed by atoms with van der Waals surface area (Å²) >= 11 is 0. The van der Waals surface area contributed by atoms with Crippen LogP contribution in [0.4, 0.5) is 26.3 Å². The van der Waals surface area contributed by atoms with Gasteiger partial charge in [0.25, 0.3) is 0 Å². The summed E-state index contributed by atoms with van der Waals surface area (Å²) in [5.74, 6) is -0.597. The van der Waals surface area contributed by atoms with Gasteiger partial charge in [-0.2, -0.15) is 26.3 Å². The molecule has 0 aliphatic heterocycles. The van der Waals surface area contributed by atoms with Gasteiger partial charge >= 0.3 is 12.4 Å². The van der Waals surface area contributed by atoms with E-state index in [0.717, 1.165) is 48.5 Å². The third-order valence-electron chi connectivity index (χ3n) is 4.09. The van der Waals surface area contributed by atoms with Crippen LogP contribution < -0.4 is 0 Å². The highest BCUT2D eigenvalue weighted by molar-refractivity contribution is 5.79. The summed E-state index contributed by atoms with van der Waals surface area (Å²) in [6.45, 7) is 0. The normalized spacial score (nSPS) is 14.6. The molecule has 2 atom stereocenters. The molecule has 0 saturated heterocycles. The highest BCUT2D eigenvalue weighted by Crippen LogP contribution is 2.32. The molecule has 0 aromatic heterocycles. The summed E-state index contributed by atoms with van der Waals surface area (Å²) in [4.78, 5) is 12.0. The Bertz CT molecular complexity index is 727. The predicted octanol–water partition coefficient (Wildman–Crippen LogP) is 4.84. The molecule has 9 heteroatoms. The van der Waals surface area contributed by atoms with Gasteiger partial charge in [-0.3, -0.25) is 4.79 Å². The second kappa shape index (κ2) is 8.32. The number of rotatable bonds is 6. The molecule has 2 unspecified atom stereocenters. The summed E-state index contributed by atoms with van der Waals surface area (Å²) in [6.07, 6.45) is -12.7. The molecule has 0 aliphatic carbocycles. The standard InChI is InChI=1S/C19H16F6O3/c20-18(21,22)13-5-1-11(2-6-13)16(27)9-15(26)10-17(28)12-3-7-14(8-4-12)19(23,24)25/h1-8,16-17,27-28H,9-10H2. The first-order valence-electron chi connectivity index (χ1n) is 8.10. The van der Waals surface area contributed by atoms with Crippen molar-refractivity contribution in [1.82, 2.24) is 0 Å². The smallest absolute Gasteiger partial charge is 0.388 e. The fourth-order valence-corrected chi connectivity index (χ4v) is 2.54. The minimum atomic E-state index is -4.52. The van der Waals surface area contributed by atoms with Crippen LogP contribution in [0.3, 0.4) is 0 Å². The summed E-state index contributed by atoms with van der Waals surface area (Å²) in [6, 6.07) is 7.31. The minimum absolute atomic E-state index is 0.102. The maximum Gasteiger partial charge on any atom is 0.416 e. The van der Waals surface area contributed by atoms with E-state index in [4.69, 9.17) is 0 Å². The van der Waals surface area contributed by atoms with E-state index in [2.05, 4.69) is 0 Å². The number of alkyl halides is 6. The predicted molar refractivity (Wildman–Crippen MR) is 87.0 cm³/mol. The quantitative estimate of drug-likeness (QED) is 0.675. The van der Waals surface area contributed by atoms with Crippen LogP contribution >= 0.6 is 0 Å². The zero-order valence-electron chi connectivity index (χ0n) is 14.3. The van der Waals surface area contributed by atoms with Gasteiger partial charge in [0.05, 0.1) is 23.3 Å². The van der Waals surface area contributed by atoms with Gasteiger partial charge in [0.2, 0.25) is 0 Å². The lowest BCUT2D eigenvalue weighted by molar-refractivity contribution is -0.138. The van der Waals surface area contributed by atoms with Crippen LogP contribution in [0.15, 0.2) is 48.5 Å². The Kier molecular flexibility index (Phi) is 6.51. The summed E-state index contributed by atoms with van der Waals surface area (Å²) in [5, 5.41) is 20.0. The minimum Gasteiger partial charge on any atom is -0.388 e. The second-order valence-corrected chi connectivity index (χ2v) is 6.22. The lowest BCUT2D eigenvalue weighted by Gasteiger charge is -2.15. The Labute approximate surface area is 156 Å². The third kappa shape index (κ3) is 5.80. The van der Waals surface area contributed by atoms with E-state index in [-0.39, 0.29) is 11.1 Å². The molecule has 3 nitrogen and oxygen atoms in total. The molecule has 2 rings (SSSR count). The van der Waals surface area contributed by atoms with Crippen molar-refractivity contribution >= 4 is 5.78 Å². The summed E-state index contributed by atoms with van der Waals surface area (Å²) in [7, 11) is 0. The average Bonchev–Trinajstić information content (AvgIpc) is 2.60. The van der Waals surface area contributed by atoms with Crippen molar-refractivity contribution in [3.63, 3.8) is 0 Å². The Balaban J connectivity index is 1.95. The Morgan fingerprint density at radius 1 is 0.679 bits per heavy atom. The number of carbonyl (C=O) groups excluding carboxylic acids is 1. The van der Waals surface area contributed by atoms with Crippen LogP contribution in [0.2, 0.25) is 0 Å². The van der Waals surface area contributed by atoms with E-state index in [1.807, 2.05) is 0 Å². The molecule has 0 spiro atoms. The molecule has 28 heavy (non-hydrogen) atoms. The zero-order chi connectivity index (χ0) is 21.1. The number of ketones is 1. The van der Waals surface area contributed by atoms with Gasteiger partial charge in [-0.1, -0.05) is 24.3 Å². The highest BCUT2D eigenvalue weighted by atomic mass is 19.4. The number of aliphatic hydroxyl groups excluding tert-OH is 2. The largest absolute Gasteiger partial charge is 0.416 e. The molecular weight excluding hydrogens is 390 g/mol. The average molecular weight is 406 g/mol. The first-order chi connectivity index (χ1) is 12.9. The van der Waals surface area contributed by atoms with Crippen molar-refractivity contribution in [1.29, 1.82) is 0 Å². The SMILES string of the molecule is O=C(CC(O)c1ccc(C(F)(F)F)cc1)CC(O)c1ccc(C(F)(F)F)cc1. The summed E-state index contributed by atoms with van der Waals surface area (Å²) in [5.41, 5.74) is -1.59. The van der Waals surface area contributed by atoms with Gasteiger partial charge in [0, 0.05) is 12.8 Å². The summed E-state index contributed by atoms with van der Waals surface area (Å²) < 4.78 is 75.1. The second-order valence-electron chi connectivity index (χ2n) is 6.22. The molecular formula is C19H16F6O3. The van der Waals surface area contributed by atoms with Crippen molar-refractivity contribution in [2.75, 3.05) is 0 Å². The van der Waals surface area contributed by atoms with E-state index in [9.17, 15) is 41.4 Å². The Hall–Kier alpha value is -2.39. The number of hydrogen-bond donors (Lipinski definition) is 2. The molecule has 0 saturated carbocycles. The third-order valence-corrected chi connectivity index (χ3v) is 4.09. The van der Waals surface area contributed by atoms with Gasteiger partial charge in [-0.05, 0) is 35.4 Å². The molecule has 0 heterocycles. The molecule has 0 fully saturated rings. The van der Waals surface area contributed by atoms with Crippen molar-refractivity contribution in [2.45, 2.75) is 37.4 Å². The van der Waals surface area contributed by atoms with Crippen LogP contribution in [-0.2, 0) is 17.1 Å². The highest BCUT2D eigenvalue weighted by Gasteiger charge is 2.31. The molecule has 0 aliphatic rings. The number of halogens is 6. The van der Waals surface area contributed by atoms with Crippen LogP contribution in [0.25, 0.3) is 0 Å². The number of benzene rings is 2. The number of Topliss-reactive ketones (excluding diaryl/α,β-unsaturated/α-hetero) is 1. The zero-order valence-corrected chi connectivity index (χ0v) is 14.3. The van der Waals surface area contributed by atoms with Crippen molar-refractivity contribution in [3.8, 4) is 0 Å². The molecule has 0 bridgehead atoms. The van der Waals surface area contributed by atoms with Gasteiger partial charge in [0.15, 0.2) is 0 Å². The number of hydrogen-bond acceptors (Lipinski definition) is 3. The van der Waals surface area contributed by atoms with E-state index < -0.39 is 54.3 Å². The molecule has 2 aromatic rings. The lowest BCUT2D eigenvalue weighted by atomic mass is 9.97. The van der Waals surface area contributed by atoms with Crippen molar-refractivity contribution < 1.29 is 41.4 Å². The molecule has 152 valence electrons. The fraction of sp³-hybridized carbons (Fsp3) is 0.316. The van der Waals surface area contributed by atoms with Gasteiger partial charge in [-0.15, -0.1) is 0 Å². The van der Waals surface area contributed by atoms with E-state index in [1.165, 1.54) is 0 Å². The Morgan fingerprint density at radius 2 is 0.964 bits per heavy atom. The molecule has 0 amide bonds. The monoisotopic (exact) mass is 406 g/mol. The van der Waals surface area contributed by atoms with Crippen LogP contribution in [-0.4, -0.2) is 16.0 Å². The fourth-order valence-electron chi connectivity index (χ4n) is 2.54. The number of aliphatic hydroxyl groups is 2. The first kappa shape index (κ1) is 21.9. The van der Waals surface area contributed by atoms with Gasteiger partial charge < -0.3 is 10.2 Å². The maximum absolute atomic E-state index is 12.5. The molecule has 2 N–H and O–H groups in total. The maximum atomic E-state index is 12.5. The van der Waals surface area contributed by atoms with E-state index in [1.54, 1.807) is 0 Å².